The van der Waals surface area contributed by atoms with E-state index in [0.717, 1.165) is 11.1 Å². The van der Waals surface area contributed by atoms with Crippen molar-refractivity contribution in [3.05, 3.63) is 83.8 Å². The normalized spacial score (nSPS) is 14.4. The zero-order chi connectivity index (χ0) is 25.9. The van der Waals surface area contributed by atoms with Crippen molar-refractivity contribution < 1.29 is 19.0 Å². The molecule has 5 rings (SSSR count). The van der Waals surface area contributed by atoms with Gasteiger partial charge >= 0.3 is 0 Å². The van der Waals surface area contributed by atoms with Crippen LogP contribution >= 0.6 is 0 Å². The molecule has 0 fully saturated rings. The highest BCUT2D eigenvalue weighted by Gasteiger charge is 2.35. The number of allylic oxidation sites excluding steroid dienone is 1. The van der Waals surface area contributed by atoms with Crippen LogP contribution in [0.3, 0.4) is 0 Å². The van der Waals surface area contributed by atoms with Crippen molar-refractivity contribution in [1.29, 1.82) is 0 Å². The highest BCUT2D eigenvalue weighted by atomic mass is 16.5. The summed E-state index contributed by atoms with van der Waals surface area (Å²) in [5.41, 5.74) is 3.21. The van der Waals surface area contributed by atoms with E-state index in [1.54, 1.807) is 56.6 Å². The number of fused-ring (bicyclic) bond motifs is 1. The summed E-state index contributed by atoms with van der Waals surface area (Å²) >= 11 is 0. The molecule has 0 radical (unpaired) electrons. The number of anilines is 2. The van der Waals surface area contributed by atoms with Gasteiger partial charge in [0.25, 0.3) is 5.91 Å². The molecule has 0 saturated carbocycles. The summed E-state index contributed by atoms with van der Waals surface area (Å²) in [7, 11) is 4.75. The van der Waals surface area contributed by atoms with Crippen LogP contribution in [-0.4, -0.2) is 47.0 Å². The zero-order valence-electron chi connectivity index (χ0n) is 20.9. The summed E-state index contributed by atoms with van der Waals surface area (Å²) in [6.45, 7) is 1.84. The minimum absolute atomic E-state index is 0.294. The Labute approximate surface area is 213 Å². The van der Waals surface area contributed by atoms with E-state index in [1.807, 2.05) is 43.3 Å². The summed E-state index contributed by atoms with van der Waals surface area (Å²) in [5, 5.41) is 11.0. The first-order valence-corrected chi connectivity index (χ1v) is 11.5. The van der Waals surface area contributed by atoms with Gasteiger partial charge in [-0.1, -0.05) is 18.2 Å². The Kier molecular flexibility index (Phi) is 6.46. The van der Waals surface area contributed by atoms with Gasteiger partial charge in [-0.3, -0.25) is 9.78 Å². The fraction of sp³-hybridized carbons (Fsp3) is 0.185. The Morgan fingerprint density at radius 3 is 2.49 bits per heavy atom. The third kappa shape index (κ3) is 4.44. The van der Waals surface area contributed by atoms with Crippen molar-refractivity contribution >= 4 is 17.5 Å². The Morgan fingerprint density at radius 2 is 1.76 bits per heavy atom. The Balaban J connectivity index is 1.65. The number of benzene rings is 2. The number of hydrogen-bond acceptors (Lipinski definition) is 8. The van der Waals surface area contributed by atoms with Crippen LogP contribution in [0.2, 0.25) is 0 Å². The van der Waals surface area contributed by atoms with Gasteiger partial charge in [0, 0.05) is 11.9 Å². The average Bonchev–Trinajstić information content (AvgIpc) is 3.35. The molecule has 188 valence electrons. The fourth-order valence-electron chi connectivity index (χ4n) is 4.35. The molecule has 4 aromatic rings. The Bertz CT molecular complexity index is 1480. The molecule has 0 saturated heterocycles. The fourth-order valence-corrected chi connectivity index (χ4v) is 4.35. The predicted molar refractivity (Wildman–Crippen MR) is 139 cm³/mol. The average molecular weight is 499 g/mol. The molecule has 1 aliphatic rings. The highest BCUT2D eigenvalue weighted by molar-refractivity contribution is 6.06. The molecule has 0 spiro atoms. The number of carbonyl (C=O) groups excluding carboxylic acids is 1. The molecule has 0 aliphatic carbocycles. The van der Waals surface area contributed by atoms with Gasteiger partial charge in [0.15, 0.2) is 17.3 Å². The lowest BCUT2D eigenvalue weighted by molar-refractivity contribution is -0.113. The van der Waals surface area contributed by atoms with E-state index in [9.17, 15) is 4.79 Å². The largest absolute Gasteiger partial charge is 0.496 e. The minimum atomic E-state index is -0.608. The molecule has 1 unspecified atom stereocenters. The summed E-state index contributed by atoms with van der Waals surface area (Å²) < 4.78 is 18.2. The maximum atomic E-state index is 13.7. The number of nitrogens with one attached hydrogen (secondary N) is 2. The third-order valence-corrected chi connectivity index (χ3v) is 6.09. The Morgan fingerprint density at radius 1 is 0.973 bits per heavy atom. The van der Waals surface area contributed by atoms with E-state index in [0.29, 0.717) is 46.0 Å². The van der Waals surface area contributed by atoms with Crippen molar-refractivity contribution in [1.82, 2.24) is 19.7 Å². The number of amides is 1. The van der Waals surface area contributed by atoms with Crippen LogP contribution in [0.4, 0.5) is 11.6 Å². The molecule has 3 heterocycles. The van der Waals surface area contributed by atoms with E-state index in [2.05, 4.69) is 15.6 Å². The maximum absolute atomic E-state index is 13.7. The number of methoxy groups -OCH3 is 3. The number of pyridine rings is 1. The van der Waals surface area contributed by atoms with Crippen LogP contribution in [0, 0.1) is 0 Å². The molecule has 2 aromatic heterocycles. The van der Waals surface area contributed by atoms with Crippen LogP contribution < -0.4 is 24.8 Å². The second kappa shape index (κ2) is 10.0. The predicted octanol–water partition coefficient (Wildman–Crippen LogP) is 4.29. The van der Waals surface area contributed by atoms with E-state index in [1.165, 1.54) is 0 Å². The van der Waals surface area contributed by atoms with Gasteiger partial charge in [0.1, 0.15) is 11.8 Å². The van der Waals surface area contributed by atoms with Crippen molar-refractivity contribution in [2.75, 3.05) is 32.0 Å². The summed E-state index contributed by atoms with van der Waals surface area (Å²) in [6.07, 6.45) is 3.24. The van der Waals surface area contributed by atoms with Gasteiger partial charge in [0.2, 0.25) is 5.95 Å². The lowest BCUT2D eigenvalue weighted by atomic mass is 9.94. The van der Waals surface area contributed by atoms with E-state index < -0.39 is 6.04 Å². The first-order chi connectivity index (χ1) is 18.0. The van der Waals surface area contributed by atoms with Gasteiger partial charge < -0.3 is 24.8 Å². The summed E-state index contributed by atoms with van der Waals surface area (Å²) in [6, 6.07) is 16.0. The van der Waals surface area contributed by atoms with E-state index >= 15 is 0 Å². The van der Waals surface area contributed by atoms with Crippen LogP contribution in [-0.2, 0) is 4.79 Å². The molecule has 1 amide bonds. The molecular formula is C27H26N6O4. The Hall–Kier alpha value is -4.86. The summed E-state index contributed by atoms with van der Waals surface area (Å²) in [5.74, 6) is 2.43. The van der Waals surface area contributed by atoms with E-state index in [4.69, 9.17) is 24.3 Å². The number of rotatable bonds is 7. The number of para-hydroxylation sites is 1. The van der Waals surface area contributed by atoms with Crippen LogP contribution in [0.5, 0.6) is 17.2 Å². The number of aromatic nitrogens is 4. The molecular weight excluding hydrogens is 472 g/mol. The van der Waals surface area contributed by atoms with Crippen LogP contribution in [0.1, 0.15) is 18.5 Å². The highest BCUT2D eigenvalue weighted by Crippen LogP contribution is 2.40. The van der Waals surface area contributed by atoms with Gasteiger partial charge in [-0.2, -0.15) is 4.98 Å². The monoisotopic (exact) mass is 498 g/mol. The molecule has 1 atom stereocenters. The smallest absolute Gasteiger partial charge is 0.255 e. The topological polar surface area (TPSA) is 112 Å². The molecule has 2 aromatic carbocycles. The number of nitrogens with zero attached hydrogens (tertiary/aromatic N) is 4. The SMILES string of the molecule is COc1ccc(C2C(C(=O)Nc3cccnc3)=C(C)Nc3nc(-c4ccccc4OC)nn32)cc1OC. The number of hydrogen-bond donors (Lipinski definition) is 2. The first kappa shape index (κ1) is 23.9. The minimum Gasteiger partial charge on any atom is -0.496 e. The van der Waals surface area contributed by atoms with E-state index in [-0.39, 0.29) is 5.91 Å². The van der Waals surface area contributed by atoms with Gasteiger partial charge in [-0.15, -0.1) is 5.10 Å². The standard InChI is InChI=1S/C27H26N6O4/c1-16-23(26(34)30-18-8-7-13-28-15-18)24(17-11-12-21(36-3)22(14-17)37-4)33-27(29-16)31-25(32-33)19-9-5-6-10-20(19)35-2/h5-15,24H,1-4H3,(H,30,34)(H,29,31,32). The van der Waals surface area contributed by atoms with Crippen molar-refractivity contribution in [2.24, 2.45) is 0 Å². The quantitative estimate of drug-likeness (QED) is 0.388. The van der Waals surface area contributed by atoms with Gasteiger partial charge in [-0.25, -0.2) is 4.68 Å². The molecule has 2 N–H and O–H groups in total. The molecule has 37 heavy (non-hydrogen) atoms. The number of ether oxygens (including phenoxy) is 3. The van der Waals surface area contributed by atoms with Gasteiger partial charge in [0.05, 0.1) is 44.4 Å². The zero-order valence-corrected chi connectivity index (χ0v) is 20.9. The third-order valence-electron chi connectivity index (χ3n) is 6.09. The van der Waals surface area contributed by atoms with Crippen LogP contribution in [0.25, 0.3) is 11.4 Å². The number of carbonyl (C=O) groups is 1. The van der Waals surface area contributed by atoms with Crippen molar-refractivity contribution in [3.8, 4) is 28.6 Å². The second-order valence-corrected chi connectivity index (χ2v) is 8.28. The molecule has 10 nitrogen and oxygen atoms in total. The lowest BCUT2D eigenvalue weighted by Gasteiger charge is -2.29. The molecule has 0 bridgehead atoms. The van der Waals surface area contributed by atoms with Crippen LogP contribution in [0.15, 0.2) is 78.3 Å². The van der Waals surface area contributed by atoms with Gasteiger partial charge in [-0.05, 0) is 48.9 Å². The lowest BCUT2D eigenvalue weighted by Crippen LogP contribution is -2.31. The first-order valence-electron chi connectivity index (χ1n) is 11.5. The summed E-state index contributed by atoms with van der Waals surface area (Å²) in [4.78, 5) is 22.5. The maximum Gasteiger partial charge on any atom is 0.255 e. The van der Waals surface area contributed by atoms with Crippen molar-refractivity contribution in [3.63, 3.8) is 0 Å². The second-order valence-electron chi connectivity index (χ2n) is 8.28. The molecule has 1 aliphatic heterocycles. The molecule has 10 heteroatoms. The van der Waals surface area contributed by atoms with Crippen molar-refractivity contribution in [2.45, 2.75) is 13.0 Å².